The number of nitrogens with one attached hydrogen (secondary N) is 1. The van der Waals surface area contributed by atoms with E-state index in [0.717, 1.165) is 0 Å². The molecule has 0 spiro atoms. The summed E-state index contributed by atoms with van der Waals surface area (Å²) in [5, 5.41) is 3.37. The van der Waals surface area contributed by atoms with Gasteiger partial charge in [-0.15, -0.1) is 0 Å². The molecule has 0 amide bonds. The van der Waals surface area contributed by atoms with E-state index in [1.807, 2.05) is 0 Å². The van der Waals surface area contributed by atoms with Gasteiger partial charge in [0.1, 0.15) is 0 Å². The van der Waals surface area contributed by atoms with Crippen LogP contribution in [0.2, 0.25) is 0 Å². The average molecular weight is 336 g/mol. The second-order valence-electron chi connectivity index (χ2n) is 4.07. The largest absolute Gasteiger partial charge is 0.481 e. The highest BCUT2D eigenvalue weighted by Crippen LogP contribution is 2.22. The van der Waals surface area contributed by atoms with Gasteiger partial charge in [-0.2, -0.15) is 9.97 Å². The first-order valence-electron chi connectivity index (χ1n) is 6.13. The van der Waals surface area contributed by atoms with Gasteiger partial charge in [0, 0.05) is 16.7 Å². The number of nitrogens with zero attached hydrogens (tertiary/aromatic N) is 5. The Morgan fingerprint density at radius 2 is 1.87 bits per heavy atom. The third-order valence-corrected chi connectivity index (χ3v) is 3.99. The number of rotatable bonds is 6. The second-order valence-corrected chi connectivity index (χ2v) is 5.75. The van der Waals surface area contributed by atoms with Gasteiger partial charge in [-0.25, -0.2) is 8.42 Å². The van der Waals surface area contributed by atoms with Crippen LogP contribution in [0.1, 0.15) is 0 Å². The lowest BCUT2D eigenvalue weighted by Crippen LogP contribution is -2.14. The molecule has 1 aromatic heterocycles. The van der Waals surface area contributed by atoms with Gasteiger partial charge >= 0.3 is 6.01 Å². The molecule has 11 heteroatoms. The maximum absolute atomic E-state index is 12.3. The van der Waals surface area contributed by atoms with E-state index in [4.69, 9.17) is 15.0 Å². The Bertz CT molecular complexity index is 824. The topological polar surface area (TPSA) is 139 Å². The molecule has 10 nitrogen and oxygen atoms in total. The molecule has 0 aliphatic rings. The predicted molar refractivity (Wildman–Crippen MR) is 81.2 cm³/mol. The second kappa shape index (κ2) is 6.81. The zero-order valence-corrected chi connectivity index (χ0v) is 13.0. The SMILES string of the molecule is COc1cc(NS(=O)(=O)c2ccc(N=[N+]=[N-])cc2)nc(OC)n1. The highest BCUT2D eigenvalue weighted by Gasteiger charge is 2.16. The van der Waals surface area contributed by atoms with Gasteiger partial charge in [0.25, 0.3) is 10.0 Å². The number of benzene rings is 1. The highest BCUT2D eigenvalue weighted by molar-refractivity contribution is 7.92. The van der Waals surface area contributed by atoms with Gasteiger partial charge in [-0.05, 0) is 17.7 Å². The molecule has 1 heterocycles. The van der Waals surface area contributed by atoms with Gasteiger partial charge in [0.2, 0.25) is 5.88 Å². The summed E-state index contributed by atoms with van der Waals surface area (Å²) in [7, 11) is -1.15. The van der Waals surface area contributed by atoms with Crippen molar-refractivity contribution in [1.82, 2.24) is 9.97 Å². The number of aromatic nitrogens is 2. The Balaban J connectivity index is 2.32. The van der Waals surface area contributed by atoms with Crippen LogP contribution in [-0.2, 0) is 10.0 Å². The fourth-order valence-corrected chi connectivity index (χ4v) is 2.58. The lowest BCUT2D eigenvalue weighted by Gasteiger charge is -2.09. The average Bonchev–Trinajstić information content (AvgIpc) is 2.54. The molecule has 0 atom stereocenters. The summed E-state index contributed by atoms with van der Waals surface area (Å²) in [6.07, 6.45) is 0. The van der Waals surface area contributed by atoms with Crippen LogP contribution in [0.4, 0.5) is 11.5 Å². The summed E-state index contributed by atoms with van der Waals surface area (Å²) in [5.41, 5.74) is 8.63. The number of hydrogen-bond donors (Lipinski definition) is 1. The first-order chi connectivity index (χ1) is 11.0. The fourth-order valence-electron chi connectivity index (χ4n) is 1.59. The van der Waals surface area contributed by atoms with Crippen LogP contribution in [0.15, 0.2) is 40.3 Å². The lowest BCUT2D eigenvalue weighted by molar-refractivity contribution is 0.353. The Morgan fingerprint density at radius 1 is 1.17 bits per heavy atom. The molecule has 1 N–H and O–H groups in total. The van der Waals surface area contributed by atoms with Crippen LogP contribution in [0.3, 0.4) is 0 Å². The van der Waals surface area contributed by atoms with E-state index in [1.54, 1.807) is 0 Å². The normalized spacial score (nSPS) is 10.5. The molecule has 0 saturated heterocycles. The van der Waals surface area contributed by atoms with E-state index in [1.165, 1.54) is 44.6 Å². The minimum Gasteiger partial charge on any atom is -0.481 e. The van der Waals surface area contributed by atoms with E-state index < -0.39 is 10.0 Å². The standard InChI is InChI=1S/C12H12N6O4S/c1-21-11-7-10(14-12(15-11)22-2)17-23(19,20)9-5-3-8(4-6-9)16-18-13/h3-7H,1-2H3,(H,14,15,17). The molecule has 0 unspecified atom stereocenters. The molecule has 0 aliphatic carbocycles. The van der Waals surface area contributed by atoms with Crippen molar-refractivity contribution >= 4 is 21.5 Å². The fraction of sp³-hybridized carbons (Fsp3) is 0.167. The lowest BCUT2D eigenvalue weighted by atomic mass is 10.3. The van der Waals surface area contributed by atoms with Crippen molar-refractivity contribution in [2.45, 2.75) is 4.90 Å². The Labute approximate surface area is 131 Å². The molecule has 1 aromatic carbocycles. The first-order valence-corrected chi connectivity index (χ1v) is 7.62. The maximum atomic E-state index is 12.3. The number of anilines is 1. The summed E-state index contributed by atoms with van der Waals surface area (Å²) < 4.78 is 36.7. The first kappa shape index (κ1) is 16.3. The molecule has 23 heavy (non-hydrogen) atoms. The monoisotopic (exact) mass is 336 g/mol. The van der Waals surface area contributed by atoms with Gasteiger partial charge in [0.05, 0.1) is 19.1 Å². The molecular weight excluding hydrogens is 324 g/mol. The molecule has 2 rings (SSSR count). The quantitative estimate of drug-likeness (QED) is 0.487. The molecular formula is C12H12N6O4S. The summed E-state index contributed by atoms with van der Waals surface area (Å²) in [6.45, 7) is 0. The number of ether oxygens (including phenoxy) is 2. The summed E-state index contributed by atoms with van der Waals surface area (Å²) >= 11 is 0. The van der Waals surface area contributed by atoms with Crippen molar-refractivity contribution in [3.8, 4) is 11.9 Å². The van der Waals surface area contributed by atoms with Gasteiger partial charge in [-0.1, -0.05) is 17.2 Å². The van der Waals surface area contributed by atoms with Crippen LogP contribution in [-0.4, -0.2) is 32.6 Å². The molecule has 120 valence electrons. The minimum atomic E-state index is -3.88. The van der Waals surface area contributed by atoms with E-state index >= 15 is 0 Å². The smallest absolute Gasteiger partial charge is 0.321 e. The molecule has 0 radical (unpaired) electrons. The Morgan fingerprint density at radius 3 is 2.43 bits per heavy atom. The number of azide groups is 1. The third-order valence-electron chi connectivity index (χ3n) is 2.62. The summed E-state index contributed by atoms with van der Waals surface area (Å²) in [6, 6.07) is 6.66. The summed E-state index contributed by atoms with van der Waals surface area (Å²) in [5.74, 6) is 0.140. The van der Waals surface area contributed by atoms with Crippen LogP contribution < -0.4 is 14.2 Å². The van der Waals surface area contributed by atoms with Crippen LogP contribution in [0.5, 0.6) is 11.9 Å². The van der Waals surface area contributed by atoms with E-state index in [2.05, 4.69) is 24.7 Å². The van der Waals surface area contributed by atoms with Crippen molar-refractivity contribution in [2.24, 2.45) is 5.11 Å². The maximum Gasteiger partial charge on any atom is 0.321 e. The number of methoxy groups -OCH3 is 2. The van der Waals surface area contributed by atoms with Crippen LogP contribution in [0.25, 0.3) is 10.4 Å². The number of sulfonamides is 1. The van der Waals surface area contributed by atoms with Gasteiger partial charge in [0.15, 0.2) is 5.82 Å². The predicted octanol–water partition coefficient (Wildman–Crippen LogP) is 2.24. The third kappa shape index (κ3) is 3.99. The van der Waals surface area contributed by atoms with Crippen molar-refractivity contribution in [3.05, 3.63) is 40.8 Å². The van der Waals surface area contributed by atoms with Crippen molar-refractivity contribution in [1.29, 1.82) is 0 Å². The minimum absolute atomic E-state index is 0.00665. The van der Waals surface area contributed by atoms with Crippen molar-refractivity contribution < 1.29 is 17.9 Å². The summed E-state index contributed by atoms with van der Waals surface area (Å²) in [4.78, 5) is 10.4. The van der Waals surface area contributed by atoms with Crippen LogP contribution >= 0.6 is 0 Å². The van der Waals surface area contributed by atoms with E-state index in [-0.39, 0.29) is 22.6 Å². The van der Waals surface area contributed by atoms with E-state index in [9.17, 15) is 8.42 Å². The molecule has 0 saturated carbocycles. The molecule has 0 fully saturated rings. The zero-order valence-electron chi connectivity index (χ0n) is 12.2. The zero-order chi connectivity index (χ0) is 16.9. The molecule has 2 aromatic rings. The van der Waals surface area contributed by atoms with Crippen molar-refractivity contribution in [2.75, 3.05) is 18.9 Å². The van der Waals surface area contributed by atoms with E-state index in [0.29, 0.717) is 5.69 Å². The Hall–Kier alpha value is -3.04. The molecule has 0 aliphatic heterocycles. The number of hydrogen-bond acceptors (Lipinski definition) is 7. The Kier molecular flexibility index (Phi) is 4.84. The van der Waals surface area contributed by atoms with Gasteiger partial charge < -0.3 is 9.47 Å². The highest BCUT2D eigenvalue weighted by atomic mass is 32.2. The van der Waals surface area contributed by atoms with Gasteiger partial charge in [-0.3, -0.25) is 4.72 Å². The molecule has 0 bridgehead atoms. The van der Waals surface area contributed by atoms with Crippen LogP contribution in [0, 0.1) is 0 Å². The van der Waals surface area contributed by atoms with Crippen molar-refractivity contribution in [3.63, 3.8) is 0 Å².